The lowest BCUT2D eigenvalue weighted by atomic mass is 10.1. The predicted molar refractivity (Wildman–Crippen MR) is 149 cm³/mol. The Bertz CT molecular complexity index is 1510. The highest BCUT2D eigenvalue weighted by molar-refractivity contribution is 7.98. The van der Waals surface area contributed by atoms with E-state index in [-0.39, 0.29) is 17.5 Å². The molecule has 8 heteroatoms. The molecule has 1 aliphatic rings. The number of hydrogen-bond acceptors (Lipinski definition) is 5. The molecule has 0 unspecified atom stereocenters. The molecule has 2 aromatic heterocycles. The second-order valence-electron chi connectivity index (χ2n) is 10.7. The summed E-state index contributed by atoms with van der Waals surface area (Å²) in [6.45, 7) is 9.08. The van der Waals surface area contributed by atoms with Crippen molar-refractivity contribution in [2.24, 2.45) is 5.92 Å². The molecule has 2 heterocycles. The van der Waals surface area contributed by atoms with E-state index in [0.29, 0.717) is 39.9 Å². The first-order valence-electron chi connectivity index (χ1n) is 13.2. The number of nitrogens with one attached hydrogen (secondary N) is 1. The number of amides is 1. The minimum Gasteiger partial charge on any atom is -0.349 e. The molecule has 0 spiro atoms. The zero-order chi connectivity index (χ0) is 26.1. The van der Waals surface area contributed by atoms with E-state index in [9.17, 15) is 9.59 Å². The lowest BCUT2D eigenvalue weighted by Gasteiger charge is -2.15. The first-order chi connectivity index (χ1) is 17.8. The summed E-state index contributed by atoms with van der Waals surface area (Å²) in [6.07, 6.45) is 5.21. The fraction of sp³-hybridized carbons (Fsp3) is 0.448. The van der Waals surface area contributed by atoms with Gasteiger partial charge in [0.05, 0.1) is 10.9 Å². The molecule has 2 aromatic carbocycles. The van der Waals surface area contributed by atoms with Crippen molar-refractivity contribution in [3.8, 4) is 0 Å². The number of aryl methyl sites for hydroxylation is 3. The van der Waals surface area contributed by atoms with Gasteiger partial charge in [-0.2, -0.15) is 0 Å². The molecule has 194 valence electrons. The van der Waals surface area contributed by atoms with E-state index in [4.69, 9.17) is 0 Å². The summed E-state index contributed by atoms with van der Waals surface area (Å²) in [7, 11) is 0. The average molecular weight is 518 g/mol. The first-order valence-corrected chi connectivity index (χ1v) is 14.2. The van der Waals surface area contributed by atoms with Gasteiger partial charge in [-0.25, -0.2) is 0 Å². The van der Waals surface area contributed by atoms with E-state index in [1.54, 1.807) is 28.5 Å². The van der Waals surface area contributed by atoms with Gasteiger partial charge >= 0.3 is 0 Å². The molecule has 4 aromatic rings. The normalized spacial score (nSPS) is 14.3. The smallest absolute Gasteiger partial charge is 0.262 e. The molecule has 1 amide bonds. The Morgan fingerprint density at radius 2 is 1.89 bits per heavy atom. The topological polar surface area (TPSA) is 81.3 Å². The Morgan fingerprint density at radius 1 is 1.11 bits per heavy atom. The number of carbonyl (C=O) groups excluding carboxylic acids is 1. The van der Waals surface area contributed by atoms with Crippen LogP contribution in [0.5, 0.6) is 0 Å². The molecule has 1 fully saturated rings. The Balaban J connectivity index is 1.59. The summed E-state index contributed by atoms with van der Waals surface area (Å²) >= 11 is 1.60. The fourth-order valence-electron chi connectivity index (χ4n) is 5.04. The van der Waals surface area contributed by atoms with E-state index < -0.39 is 0 Å². The van der Waals surface area contributed by atoms with Gasteiger partial charge in [-0.15, -0.1) is 10.2 Å². The third-order valence-corrected chi connectivity index (χ3v) is 8.29. The van der Waals surface area contributed by atoms with Crippen LogP contribution in [0.3, 0.4) is 0 Å². The Hall–Kier alpha value is -3.13. The zero-order valence-electron chi connectivity index (χ0n) is 22.1. The van der Waals surface area contributed by atoms with Gasteiger partial charge in [0, 0.05) is 23.9 Å². The highest BCUT2D eigenvalue weighted by Crippen LogP contribution is 2.27. The maximum Gasteiger partial charge on any atom is 0.262 e. The molecule has 7 nitrogen and oxygen atoms in total. The molecule has 1 N–H and O–H groups in total. The van der Waals surface area contributed by atoms with Gasteiger partial charge < -0.3 is 5.32 Å². The standard InChI is InChI=1S/C29H35N5O2S/c1-18(2)13-14-33-27(36)24-12-11-21(26(35)30-23-7-5-6-8-23)16-25(24)34-28(33)31-32-29(34)37-17-22-15-19(3)9-10-20(22)4/h9-12,15-16,18,23H,5-8,13-14,17H2,1-4H3,(H,30,35). The minimum absolute atomic E-state index is 0.0932. The van der Waals surface area contributed by atoms with Crippen molar-refractivity contribution in [3.63, 3.8) is 0 Å². The van der Waals surface area contributed by atoms with Gasteiger partial charge in [-0.05, 0) is 68.4 Å². The van der Waals surface area contributed by atoms with Crippen LogP contribution in [0.25, 0.3) is 16.7 Å². The summed E-state index contributed by atoms with van der Waals surface area (Å²) < 4.78 is 3.69. The van der Waals surface area contributed by atoms with Crippen LogP contribution in [0, 0.1) is 19.8 Å². The average Bonchev–Trinajstić information content (AvgIpc) is 3.54. The van der Waals surface area contributed by atoms with E-state index in [1.807, 2.05) is 10.5 Å². The molecule has 0 radical (unpaired) electrons. The number of carbonyl (C=O) groups is 1. The molecule has 0 saturated heterocycles. The van der Waals surface area contributed by atoms with Crippen LogP contribution in [0.2, 0.25) is 0 Å². The van der Waals surface area contributed by atoms with Gasteiger partial charge in [0.1, 0.15) is 0 Å². The number of nitrogens with zero attached hydrogens (tertiary/aromatic N) is 4. The van der Waals surface area contributed by atoms with Crippen molar-refractivity contribution < 1.29 is 4.79 Å². The molecule has 1 saturated carbocycles. The fourth-order valence-corrected chi connectivity index (χ4v) is 6.05. The zero-order valence-corrected chi connectivity index (χ0v) is 22.9. The first kappa shape index (κ1) is 25.5. The molecular formula is C29H35N5O2S. The van der Waals surface area contributed by atoms with Crippen LogP contribution >= 0.6 is 11.8 Å². The van der Waals surface area contributed by atoms with Crippen molar-refractivity contribution in [2.75, 3.05) is 0 Å². The predicted octanol–water partition coefficient (Wildman–Crippen LogP) is 5.67. The van der Waals surface area contributed by atoms with E-state index in [2.05, 4.69) is 61.4 Å². The van der Waals surface area contributed by atoms with Crippen LogP contribution in [-0.4, -0.2) is 31.1 Å². The van der Waals surface area contributed by atoms with Gasteiger partial charge in [0.2, 0.25) is 5.78 Å². The summed E-state index contributed by atoms with van der Waals surface area (Å²) in [5.41, 5.74) is 4.84. The van der Waals surface area contributed by atoms with E-state index >= 15 is 0 Å². The highest BCUT2D eigenvalue weighted by Gasteiger charge is 2.21. The summed E-state index contributed by atoms with van der Waals surface area (Å²) in [5.74, 6) is 1.62. The number of hydrogen-bond donors (Lipinski definition) is 1. The Kier molecular flexibility index (Phi) is 7.38. The second-order valence-corrected chi connectivity index (χ2v) is 11.6. The molecule has 1 aliphatic carbocycles. The lowest BCUT2D eigenvalue weighted by molar-refractivity contribution is 0.0938. The van der Waals surface area contributed by atoms with Gasteiger partial charge in [0.15, 0.2) is 5.16 Å². The van der Waals surface area contributed by atoms with E-state index in [0.717, 1.165) is 37.9 Å². The van der Waals surface area contributed by atoms with Crippen LogP contribution in [0.15, 0.2) is 46.3 Å². The number of benzene rings is 2. The lowest BCUT2D eigenvalue weighted by Crippen LogP contribution is -2.32. The number of rotatable bonds is 8. The molecule has 5 rings (SSSR count). The highest BCUT2D eigenvalue weighted by atomic mass is 32.2. The molecular weight excluding hydrogens is 482 g/mol. The van der Waals surface area contributed by atoms with Crippen molar-refractivity contribution in [2.45, 2.75) is 83.3 Å². The summed E-state index contributed by atoms with van der Waals surface area (Å²) in [4.78, 5) is 26.6. The number of thioether (sulfide) groups is 1. The third kappa shape index (κ3) is 5.30. The molecule has 37 heavy (non-hydrogen) atoms. The monoisotopic (exact) mass is 517 g/mol. The van der Waals surface area contributed by atoms with Crippen LogP contribution in [0.4, 0.5) is 0 Å². The van der Waals surface area contributed by atoms with Gasteiger partial charge in [-0.1, -0.05) is 62.2 Å². The van der Waals surface area contributed by atoms with Gasteiger partial charge in [-0.3, -0.25) is 18.6 Å². The third-order valence-electron chi connectivity index (χ3n) is 7.32. The molecule has 0 atom stereocenters. The minimum atomic E-state index is -0.0939. The van der Waals surface area contributed by atoms with Crippen LogP contribution < -0.4 is 10.9 Å². The Morgan fingerprint density at radius 3 is 2.65 bits per heavy atom. The second kappa shape index (κ2) is 10.7. The van der Waals surface area contributed by atoms with E-state index in [1.165, 1.54) is 16.7 Å². The maximum absolute atomic E-state index is 13.6. The van der Waals surface area contributed by atoms with Crippen molar-refractivity contribution in [1.29, 1.82) is 0 Å². The summed E-state index contributed by atoms with van der Waals surface area (Å²) in [5, 5.41) is 13.4. The number of aromatic nitrogens is 4. The maximum atomic E-state index is 13.6. The SMILES string of the molecule is Cc1ccc(C)c(CSc2nnc3n(CCC(C)C)c(=O)c4ccc(C(=O)NC5CCCC5)cc4n23)c1. The van der Waals surface area contributed by atoms with Crippen molar-refractivity contribution in [3.05, 3.63) is 69.0 Å². The van der Waals surface area contributed by atoms with Crippen LogP contribution in [-0.2, 0) is 12.3 Å². The molecule has 0 bridgehead atoms. The van der Waals surface area contributed by atoms with Crippen molar-refractivity contribution in [1.82, 2.24) is 24.5 Å². The summed E-state index contributed by atoms with van der Waals surface area (Å²) in [6, 6.07) is 12.1. The molecule has 0 aliphatic heterocycles. The largest absolute Gasteiger partial charge is 0.349 e. The number of fused-ring (bicyclic) bond motifs is 3. The van der Waals surface area contributed by atoms with Crippen molar-refractivity contribution >= 4 is 34.3 Å². The van der Waals surface area contributed by atoms with Crippen LogP contribution in [0.1, 0.15) is 73.0 Å². The quantitative estimate of drug-likeness (QED) is 0.305. The Labute approximate surface area is 221 Å². The van der Waals surface area contributed by atoms with Gasteiger partial charge in [0.25, 0.3) is 11.5 Å².